The molecule has 0 amide bonds. The number of pyridine rings is 1. The molecule has 0 unspecified atom stereocenters. The summed E-state index contributed by atoms with van der Waals surface area (Å²) in [5.41, 5.74) is 0. The second-order valence-electron chi connectivity index (χ2n) is 1.02. The van der Waals surface area contributed by atoms with Crippen LogP contribution in [0.2, 0.25) is 0 Å². The van der Waals surface area contributed by atoms with Crippen molar-refractivity contribution in [2.24, 2.45) is 0 Å². The van der Waals surface area contributed by atoms with Gasteiger partial charge in [0.25, 0.3) is 0 Å². The molecule has 3 heteroatoms. The molecule has 0 aromatic carbocycles. The Balaban J connectivity index is 0. The van der Waals surface area contributed by atoms with Gasteiger partial charge in [-0.05, 0) is 12.1 Å². The molecule has 0 aliphatic carbocycles. The van der Waals surface area contributed by atoms with Crippen LogP contribution in [0.1, 0.15) is 0 Å². The van der Waals surface area contributed by atoms with Gasteiger partial charge in [0.1, 0.15) is 0 Å². The fourth-order valence-corrected chi connectivity index (χ4v) is 0.313. The third kappa shape index (κ3) is 4.65. The summed E-state index contributed by atoms with van der Waals surface area (Å²) in [5.74, 6) is 0. The minimum absolute atomic E-state index is 0. The van der Waals surface area contributed by atoms with Crippen molar-refractivity contribution in [2.75, 3.05) is 0 Å². The van der Waals surface area contributed by atoms with Crippen molar-refractivity contribution < 1.29 is 0 Å². The summed E-state index contributed by atoms with van der Waals surface area (Å²) in [6.07, 6.45) is 3.50. The number of hydrogen-bond acceptors (Lipinski definition) is 1. The molecule has 8 heavy (non-hydrogen) atoms. The van der Waals surface area contributed by atoms with E-state index in [4.69, 9.17) is 0 Å². The van der Waals surface area contributed by atoms with E-state index in [1.807, 2.05) is 18.2 Å². The van der Waals surface area contributed by atoms with Crippen LogP contribution in [0.4, 0.5) is 0 Å². The van der Waals surface area contributed by atoms with Crippen LogP contribution >= 0.6 is 13.5 Å². The first-order valence-electron chi connectivity index (χ1n) is 1.85. The topological polar surface area (TPSA) is 12.9 Å². The van der Waals surface area contributed by atoms with Gasteiger partial charge in [0, 0.05) is 12.4 Å². The summed E-state index contributed by atoms with van der Waals surface area (Å²) in [6.45, 7) is 0. The van der Waals surface area contributed by atoms with E-state index >= 15 is 0 Å². The summed E-state index contributed by atoms with van der Waals surface area (Å²) in [6, 6.07) is 5.72. The maximum Gasteiger partial charge on any atom is 0.0267 e. The zero-order valence-corrected chi connectivity index (χ0v) is 4.83. The zero-order chi connectivity index (χ0) is 4.24. The molecule has 0 radical (unpaired) electrons. The Hall–Kier alpha value is 0.500. The number of hydrogen-bond donors (Lipinski definition) is 0. The number of rotatable bonds is 0. The first-order chi connectivity index (χ1) is 3.00. The van der Waals surface area contributed by atoms with Crippen molar-refractivity contribution in [2.45, 2.75) is 0 Å². The zero-order valence-electron chi connectivity index (χ0n) is 3.83. The second-order valence-corrected chi connectivity index (χ2v) is 1.02. The minimum Gasteiger partial charge on any atom is -0.265 e. The van der Waals surface area contributed by atoms with Crippen LogP contribution in [-0.4, -0.2) is 34.5 Å². The maximum absolute atomic E-state index is 3.78. The molecule has 1 nitrogen and oxygen atoms in total. The van der Waals surface area contributed by atoms with Crippen LogP contribution in [0.15, 0.2) is 30.6 Å². The van der Waals surface area contributed by atoms with Crippen molar-refractivity contribution in [3.05, 3.63) is 30.6 Å². The van der Waals surface area contributed by atoms with Crippen molar-refractivity contribution in [1.82, 2.24) is 4.98 Å². The summed E-state index contributed by atoms with van der Waals surface area (Å²) < 4.78 is 0. The van der Waals surface area contributed by atoms with E-state index in [1.165, 1.54) is 0 Å². The molecular weight excluding hydrogens is 129 g/mol. The Bertz CT molecular complexity index is 84.4. The molecule has 0 N–H and O–H groups in total. The molecule has 0 bridgehead atoms. The van der Waals surface area contributed by atoms with Crippen molar-refractivity contribution in [3.63, 3.8) is 0 Å². The number of aromatic nitrogens is 1. The molecule has 0 aliphatic heterocycles. The van der Waals surface area contributed by atoms with Gasteiger partial charge in [-0.25, -0.2) is 0 Å². The average molecular weight is 137 g/mol. The number of nitrogens with zero attached hydrogens (tertiary/aromatic N) is 1. The van der Waals surface area contributed by atoms with E-state index < -0.39 is 0 Å². The van der Waals surface area contributed by atoms with Crippen LogP contribution in [0.25, 0.3) is 0 Å². The molecule has 1 rings (SSSR count). The Morgan fingerprint density at radius 1 is 0.875 bits per heavy atom. The van der Waals surface area contributed by atoms with Gasteiger partial charge in [-0.1, -0.05) is 6.07 Å². The molecule has 1 aromatic rings. The SMILES string of the molecule is S.[NaH].c1ccncc1. The monoisotopic (exact) mass is 137 g/mol. The Morgan fingerprint density at radius 3 is 1.50 bits per heavy atom. The summed E-state index contributed by atoms with van der Waals surface area (Å²) in [4.78, 5) is 3.78. The fraction of sp³-hybridized carbons (Fsp3) is 0. The molecule has 1 aromatic heterocycles. The normalized spacial score (nSPS) is 6.00. The molecule has 40 valence electrons. The van der Waals surface area contributed by atoms with Crippen LogP contribution in [0, 0.1) is 0 Å². The molecule has 0 fully saturated rings. The van der Waals surface area contributed by atoms with Gasteiger partial charge < -0.3 is 0 Å². The van der Waals surface area contributed by atoms with Crippen LogP contribution in [0.3, 0.4) is 0 Å². The fourth-order valence-electron chi connectivity index (χ4n) is 0.313. The van der Waals surface area contributed by atoms with E-state index in [-0.39, 0.29) is 43.1 Å². The van der Waals surface area contributed by atoms with Gasteiger partial charge in [0.05, 0.1) is 0 Å². The van der Waals surface area contributed by atoms with Crippen molar-refractivity contribution >= 4 is 43.1 Å². The molecular formula is C5H8NNaS. The molecule has 0 aliphatic rings. The van der Waals surface area contributed by atoms with Gasteiger partial charge in [-0.3, -0.25) is 4.98 Å². The van der Waals surface area contributed by atoms with Crippen LogP contribution in [-0.2, 0) is 0 Å². The second kappa shape index (κ2) is 7.50. The Kier molecular flexibility index (Phi) is 10.6. The van der Waals surface area contributed by atoms with E-state index in [2.05, 4.69) is 4.98 Å². The van der Waals surface area contributed by atoms with E-state index in [1.54, 1.807) is 12.4 Å². The third-order valence-electron chi connectivity index (χ3n) is 0.566. The van der Waals surface area contributed by atoms with E-state index in [0.29, 0.717) is 0 Å². The van der Waals surface area contributed by atoms with E-state index in [0.717, 1.165) is 0 Å². The predicted molar refractivity (Wildman–Crippen MR) is 41.8 cm³/mol. The predicted octanol–water partition coefficient (Wildman–Crippen LogP) is 0.546. The smallest absolute Gasteiger partial charge is 0.0267 e. The summed E-state index contributed by atoms with van der Waals surface area (Å²) >= 11 is 0. The first-order valence-corrected chi connectivity index (χ1v) is 1.85. The third-order valence-corrected chi connectivity index (χ3v) is 0.566. The van der Waals surface area contributed by atoms with Crippen molar-refractivity contribution in [3.8, 4) is 0 Å². The maximum atomic E-state index is 3.78. The average Bonchev–Trinajstić information content (AvgIpc) is 1.72. The van der Waals surface area contributed by atoms with Gasteiger partial charge >= 0.3 is 29.6 Å². The molecule has 0 saturated heterocycles. The van der Waals surface area contributed by atoms with Gasteiger partial charge in [-0.2, -0.15) is 13.5 Å². The summed E-state index contributed by atoms with van der Waals surface area (Å²) in [5, 5.41) is 0. The van der Waals surface area contributed by atoms with Crippen LogP contribution < -0.4 is 0 Å². The van der Waals surface area contributed by atoms with Gasteiger partial charge in [-0.15, -0.1) is 0 Å². The molecule has 0 spiro atoms. The Labute approximate surface area is 78.3 Å². The summed E-state index contributed by atoms with van der Waals surface area (Å²) in [7, 11) is 0. The molecule has 1 heterocycles. The minimum atomic E-state index is 0. The molecule has 0 saturated carbocycles. The van der Waals surface area contributed by atoms with Gasteiger partial charge in [0.2, 0.25) is 0 Å². The first kappa shape index (κ1) is 11.3. The van der Waals surface area contributed by atoms with Crippen molar-refractivity contribution in [1.29, 1.82) is 0 Å². The standard InChI is InChI=1S/C5H5N.Na.H2S.H/c1-2-4-6-5-3-1;;;/h1-5H;;1H2;. The molecule has 0 atom stereocenters. The van der Waals surface area contributed by atoms with Gasteiger partial charge in [0.15, 0.2) is 0 Å². The van der Waals surface area contributed by atoms with E-state index in [9.17, 15) is 0 Å². The Morgan fingerprint density at radius 2 is 1.38 bits per heavy atom. The quantitative estimate of drug-likeness (QED) is 0.476. The van der Waals surface area contributed by atoms with Crippen LogP contribution in [0.5, 0.6) is 0 Å². The largest absolute Gasteiger partial charge is 0.265 e.